The maximum absolute atomic E-state index is 11.7. The number of anilines is 1. The lowest BCUT2D eigenvalue weighted by atomic mass is 9.86. The highest BCUT2D eigenvalue weighted by Crippen LogP contribution is 2.30. The first-order valence-corrected chi connectivity index (χ1v) is 6.53. The average molecular weight is 314 g/mol. The maximum Gasteiger partial charge on any atom is 0.318 e. The Morgan fingerprint density at radius 2 is 2.28 bits per heavy atom. The van der Waals surface area contributed by atoms with Crippen LogP contribution in [-0.2, 0) is 14.3 Å². The van der Waals surface area contributed by atoms with Crippen molar-refractivity contribution < 1.29 is 14.3 Å². The Labute approximate surface area is 115 Å². The van der Waals surface area contributed by atoms with Crippen LogP contribution in [0.15, 0.2) is 22.7 Å². The van der Waals surface area contributed by atoms with Gasteiger partial charge in [0.1, 0.15) is 5.41 Å². The number of aryl methyl sites for hydroxylation is 1. The van der Waals surface area contributed by atoms with E-state index in [4.69, 9.17) is 9.47 Å². The monoisotopic (exact) mass is 313 g/mol. The fourth-order valence-corrected chi connectivity index (χ4v) is 2.42. The van der Waals surface area contributed by atoms with Crippen LogP contribution in [0.3, 0.4) is 0 Å². The van der Waals surface area contributed by atoms with Gasteiger partial charge in [0.05, 0.1) is 20.3 Å². The number of esters is 1. The van der Waals surface area contributed by atoms with E-state index in [2.05, 4.69) is 21.2 Å². The molecule has 0 aliphatic carbocycles. The molecule has 1 fully saturated rings. The van der Waals surface area contributed by atoms with E-state index < -0.39 is 5.41 Å². The van der Waals surface area contributed by atoms with Crippen molar-refractivity contribution in [2.45, 2.75) is 6.92 Å². The molecule has 2 rings (SSSR count). The second kappa shape index (κ2) is 5.28. The first-order valence-electron chi connectivity index (χ1n) is 5.74. The van der Waals surface area contributed by atoms with E-state index in [-0.39, 0.29) is 5.97 Å². The largest absolute Gasteiger partial charge is 0.468 e. The molecule has 1 aromatic rings. The van der Waals surface area contributed by atoms with Crippen LogP contribution in [0.4, 0.5) is 5.69 Å². The van der Waals surface area contributed by atoms with Crippen molar-refractivity contribution in [3.05, 3.63) is 28.2 Å². The predicted octanol–water partition coefficient (Wildman–Crippen LogP) is 2.36. The van der Waals surface area contributed by atoms with E-state index in [1.807, 2.05) is 25.1 Å². The Balaban J connectivity index is 2.04. The minimum Gasteiger partial charge on any atom is -0.468 e. The van der Waals surface area contributed by atoms with Gasteiger partial charge < -0.3 is 14.8 Å². The molecule has 0 unspecified atom stereocenters. The van der Waals surface area contributed by atoms with Crippen LogP contribution in [0.1, 0.15) is 5.56 Å². The Morgan fingerprint density at radius 3 is 2.78 bits per heavy atom. The van der Waals surface area contributed by atoms with E-state index in [0.717, 1.165) is 15.7 Å². The molecule has 0 spiro atoms. The van der Waals surface area contributed by atoms with Crippen molar-refractivity contribution in [3.63, 3.8) is 0 Å². The van der Waals surface area contributed by atoms with Gasteiger partial charge in [-0.05, 0) is 30.7 Å². The molecule has 5 heteroatoms. The van der Waals surface area contributed by atoms with E-state index in [0.29, 0.717) is 19.8 Å². The second-order valence-corrected chi connectivity index (χ2v) is 5.49. The zero-order valence-corrected chi connectivity index (χ0v) is 12.0. The summed E-state index contributed by atoms with van der Waals surface area (Å²) in [5, 5.41) is 3.30. The van der Waals surface area contributed by atoms with Crippen LogP contribution >= 0.6 is 15.9 Å². The fraction of sp³-hybridized carbons (Fsp3) is 0.462. The third-order valence-electron chi connectivity index (χ3n) is 3.18. The van der Waals surface area contributed by atoms with Crippen LogP contribution in [0, 0.1) is 12.3 Å². The Kier molecular flexibility index (Phi) is 3.92. The van der Waals surface area contributed by atoms with Crippen LogP contribution in [-0.4, -0.2) is 32.8 Å². The van der Waals surface area contributed by atoms with Gasteiger partial charge in [0.15, 0.2) is 0 Å². The number of hydrogen-bond acceptors (Lipinski definition) is 4. The third kappa shape index (κ3) is 2.52. The number of carbonyl (C=O) groups excluding carboxylic acids is 1. The zero-order valence-electron chi connectivity index (χ0n) is 10.5. The molecule has 0 bridgehead atoms. The summed E-state index contributed by atoms with van der Waals surface area (Å²) in [7, 11) is 1.41. The van der Waals surface area contributed by atoms with Crippen molar-refractivity contribution in [2.24, 2.45) is 5.41 Å². The van der Waals surface area contributed by atoms with E-state index in [1.165, 1.54) is 7.11 Å². The summed E-state index contributed by atoms with van der Waals surface area (Å²) in [5.41, 5.74) is 1.62. The molecular weight excluding hydrogens is 298 g/mol. The first-order chi connectivity index (χ1) is 8.57. The number of ether oxygens (including phenoxy) is 2. The number of nitrogens with one attached hydrogen (secondary N) is 1. The minimum absolute atomic E-state index is 0.212. The second-order valence-electron chi connectivity index (χ2n) is 4.58. The molecule has 0 aromatic heterocycles. The molecule has 1 aliphatic rings. The maximum atomic E-state index is 11.7. The summed E-state index contributed by atoms with van der Waals surface area (Å²) < 4.78 is 11.0. The van der Waals surface area contributed by atoms with Gasteiger partial charge >= 0.3 is 5.97 Å². The molecule has 1 aliphatic heterocycles. The Bertz CT molecular complexity index is 458. The zero-order chi connectivity index (χ0) is 13.2. The summed E-state index contributed by atoms with van der Waals surface area (Å²) in [5.74, 6) is -0.212. The molecule has 1 N–H and O–H groups in total. The van der Waals surface area contributed by atoms with Crippen molar-refractivity contribution in [3.8, 4) is 0 Å². The lowest BCUT2D eigenvalue weighted by molar-refractivity contribution is -0.180. The molecule has 1 heterocycles. The highest BCUT2D eigenvalue weighted by atomic mass is 79.9. The molecule has 0 radical (unpaired) electrons. The molecule has 0 saturated carbocycles. The number of benzene rings is 1. The highest BCUT2D eigenvalue weighted by Gasteiger charge is 2.47. The molecule has 4 nitrogen and oxygen atoms in total. The number of rotatable bonds is 4. The highest BCUT2D eigenvalue weighted by molar-refractivity contribution is 9.10. The SMILES string of the molecule is COC(=O)C1(CNc2ccc(Br)cc2C)COC1. The number of hydrogen-bond donors (Lipinski definition) is 1. The predicted molar refractivity (Wildman–Crippen MR) is 72.6 cm³/mol. The van der Waals surface area contributed by atoms with Gasteiger partial charge in [-0.3, -0.25) is 4.79 Å². The molecule has 0 atom stereocenters. The molecular formula is C13H16BrNO3. The molecule has 18 heavy (non-hydrogen) atoms. The van der Waals surface area contributed by atoms with Gasteiger partial charge in [0, 0.05) is 16.7 Å². The van der Waals surface area contributed by atoms with Crippen LogP contribution < -0.4 is 5.32 Å². The number of halogens is 1. The molecule has 1 saturated heterocycles. The number of carbonyl (C=O) groups is 1. The van der Waals surface area contributed by atoms with Crippen LogP contribution in [0.5, 0.6) is 0 Å². The summed E-state index contributed by atoms with van der Waals surface area (Å²) in [6.07, 6.45) is 0. The van der Waals surface area contributed by atoms with Gasteiger partial charge in [0.2, 0.25) is 0 Å². The lowest BCUT2D eigenvalue weighted by Crippen LogP contribution is -2.54. The third-order valence-corrected chi connectivity index (χ3v) is 3.67. The minimum atomic E-state index is -0.533. The molecule has 0 amide bonds. The van der Waals surface area contributed by atoms with Crippen molar-refractivity contribution in [2.75, 3.05) is 32.2 Å². The lowest BCUT2D eigenvalue weighted by Gasteiger charge is -2.38. The Morgan fingerprint density at radius 1 is 1.56 bits per heavy atom. The fourth-order valence-electron chi connectivity index (χ4n) is 1.95. The van der Waals surface area contributed by atoms with Gasteiger partial charge in [-0.2, -0.15) is 0 Å². The Hall–Kier alpha value is -1.07. The van der Waals surface area contributed by atoms with E-state index >= 15 is 0 Å². The van der Waals surface area contributed by atoms with Crippen LogP contribution in [0.25, 0.3) is 0 Å². The van der Waals surface area contributed by atoms with Crippen LogP contribution in [0.2, 0.25) is 0 Å². The smallest absolute Gasteiger partial charge is 0.318 e. The van der Waals surface area contributed by atoms with Crippen molar-refractivity contribution in [1.29, 1.82) is 0 Å². The van der Waals surface area contributed by atoms with Gasteiger partial charge in [-0.1, -0.05) is 15.9 Å². The van der Waals surface area contributed by atoms with Crippen molar-refractivity contribution in [1.82, 2.24) is 0 Å². The van der Waals surface area contributed by atoms with Gasteiger partial charge in [-0.15, -0.1) is 0 Å². The van der Waals surface area contributed by atoms with Gasteiger partial charge in [-0.25, -0.2) is 0 Å². The topological polar surface area (TPSA) is 47.6 Å². The summed E-state index contributed by atoms with van der Waals surface area (Å²) in [6.45, 7) is 3.39. The summed E-state index contributed by atoms with van der Waals surface area (Å²) in [4.78, 5) is 11.7. The van der Waals surface area contributed by atoms with Gasteiger partial charge in [0.25, 0.3) is 0 Å². The standard InChI is InChI=1S/C13H16BrNO3/c1-9-5-10(14)3-4-11(9)15-6-13(7-18-8-13)12(16)17-2/h3-5,15H,6-8H2,1-2H3. The van der Waals surface area contributed by atoms with E-state index in [9.17, 15) is 4.79 Å². The molecule has 1 aromatic carbocycles. The number of methoxy groups -OCH3 is 1. The normalized spacial score (nSPS) is 16.8. The molecule has 98 valence electrons. The summed E-state index contributed by atoms with van der Waals surface area (Å²) in [6, 6.07) is 5.99. The first kappa shape index (κ1) is 13.4. The van der Waals surface area contributed by atoms with E-state index in [1.54, 1.807) is 0 Å². The quantitative estimate of drug-likeness (QED) is 0.867. The average Bonchev–Trinajstić information content (AvgIpc) is 2.29. The van der Waals surface area contributed by atoms with Crippen molar-refractivity contribution >= 4 is 27.6 Å². The summed E-state index contributed by atoms with van der Waals surface area (Å²) >= 11 is 3.42.